The fourth-order valence-electron chi connectivity index (χ4n) is 13.0. The first-order valence-electron chi connectivity index (χ1n) is 43.6. The molecule has 17 nitrogen and oxygen atoms in total. The van der Waals surface area contributed by atoms with Crippen LogP contribution in [0.3, 0.4) is 0 Å². The molecule has 0 aromatic heterocycles. The SMILES string of the molecule is CCCCCCCCCCCCCCCCCCCCCCC(=O)OC[C@H](COP(=O)(O)OC[C@@H](O)COP(=O)(O)OC[C@@H](COC(=O)CCCCCCCCC(C)CC)OC(=O)CCCCCCCCCCCCC)OC(=O)CCCCCCCCCCCCCCCCCCCCC(C)CC. The van der Waals surface area contributed by atoms with E-state index in [4.69, 9.17) is 37.0 Å². The van der Waals surface area contributed by atoms with Gasteiger partial charge in [-0.05, 0) is 37.5 Å². The maximum atomic E-state index is 13.1. The van der Waals surface area contributed by atoms with Gasteiger partial charge in [-0.15, -0.1) is 0 Å². The third kappa shape index (κ3) is 75.3. The van der Waals surface area contributed by atoms with Crippen molar-refractivity contribution in [3.63, 3.8) is 0 Å². The molecule has 0 spiro atoms. The van der Waals surface area contributed by atoms with Crippen molar-refractivity contribution in [2.75, 3.05) is 39.6 Å². The summed E-state index contributed by atoms with van der Waals surface area (Å²) >= 11 is 0. The van der Waals surface area contributed by atoms with Crippen molar-refractivity contribution in [3.8, 4) is 0 Å². The van der Waals surface area contributed by atoms with Crippen molar-refractivity contribution in [2.24, 2.45) is 11.8 Å². The summed E-state index contributed by atoms with van der Waals surface area (Å²) in [5.74, 6) is -0.505. The average molecular weight is 1510 g/mol. The van der Waals surface area contributed by atoms with Gasteiger partial charge >= 0.3 is 39.5 Å². The largest absolute Gasteiger partial charge is 0.472 e. The Morgan fingerprint density at radius 1 is 0.272 bits per heavy atom. The molecule has 0 aliphatic heterocycles. The average Bonchev–Trinajstić information content (AvgIpc) is 0.914. The number of phosphoric ester groups is 2. The van der Waals surface area contributed by atoms with E-state index in [1.807, 2.05) is 0 Å². The first kappa shape index (κ1) is 101. The molecule has 0 saturated carbocycles. The summed E-state index contributed by atoms with van der Waals surface area (Å²) in [5.41, 5.74) is 0. The molecule has 0 aliphatic carbocycles. The highest BCUT2D eigenvalue weighted by Crippen LogP contribution is 2.45. The fourth-order valence-corrected chi connectivity index (χ4v) is 14.6. The quantitative estimate of drug-likeness (QED) is 0.0222. The van der Waals surface area contributed by atoms with Crippen molar-refractivity contribution >= 4 is 39.5 Å². The summed E-state index contributed by atoms with van der Waals surface area (Å²) in [6, 6.07) is 0. The molecular formula is C84H164O17P2. The van der Waals surface area contributed by atoms with E-state index in [0.29, 0.717) is 25.7 Å². The molecule has 0 bridgehead atoms. The monoisotopic (exact) mass is 1510 g/mol. The predicted octanol–water partition coefficient (Wildman–Crippen LogP) is 25.5. The van der Waals surface area contributed by atoms with Crippen LogP contribution in [0.1, 0.15) is 446 Å². The number of ether oxygens (including phenoxy) is 4. The minimum Gasteiger partial charge on any atom is -0.462 e. The van der Waals surface area contributed by atoms with Gasteiger partial charge in [-0.25, -0.2) is 9.13 Å². The van der Waals surface area contributed by atoms with E-state index in [1.165, 1.54) is 257 Å². The standard InChI is InChI=1S/C84H164O17P2/c1-7-11-13-15-17-19-21-22-23-24-25-26-30-33-36-40-43-47-54-60-66-81(86)94-72-79(100-84(89)69-63-57-49-45-41-37-34-31-28-27-29-32-35-39-42-46-52-58-64-76(5)9-3)74-98-102(90,91)96-70-78(85)71-97-103(92,93)99-75-80(73-95-82(87)67-61-55-51-50-53-59-65-77(6)10-4)101-83(88)68-62-56-48-44-38-20-18-16-14-12-8-2/h76-80,85H,7-75H2,1-6H3,(H,90,91)(H,92,93)/t76?,77?,78-,79-,80-/m1/s1. The Labute approximate surface area is 632 Å². The van der Waals surface area contributed by atoms with E-state index in [-0.39, 0.29) is 25.7 Å². The fraction of sp³-hybridized carbons (Fsp3) is 0.952. The number of esters is 4. The second kappa shape index (κ2) is 75.5. The Hall–Kier alpha value is -1.94. The van der Waals surface area contributed by atoms with Crippen LogP contribution in [0.5, 0.6) is 0 Å². The van der Waals surface area contributed by atoms with E-state index in [9.17, 15) is 43.2 Å². The zero-order valence-corrected chi connectivity index (χ0v) is 69.4. The van der Waals surface area contributed by atoms with Gasteiger partial charge < -0.3 is 33.8 Å². The van der Waals surface area contributed by atoms with Crippen LogP contribution in [0.25, 0.3) is 0 Å². The van der Waals surface area contributed by atoms with E-state index in [1.54, 1.807) is 0 Å². The van der Waals surface area contributed by atoms with Gasteiger partial charge in [0.2, 0.25) is 0 Å². The lowest BCUT2D eigenvalue weighted by Crippen LogP contribution is -2.30. The number of carbonyl (C=O) groups excluding carboxylic acids is 4. The molecule has 103 heavy (non-hydrogen) atoms. The molecule has 3 N–H and O–H groups in total. The molecule has 7 atom stereocenters. The Kier molecular flexibility index (Phi) is 74.1. The van der Waals surface area contributed by atoms with Gasteiger partial charge in [0.1, 0.15) is 19.3 Å². The Balaban J connectivity index is 5.19. The minimum atomic E-state index is -4.96. The molecule has 0 amide bonds. The third-order valence-electron chi connectivity index (χ3n) is 20.4. The maximum absolute atomic E-state index is 13.1. The van der Waals surface area contributed by atoms with Crippen LogP contribution in [0.15, 0.2) is 0 Å². The van der Waals surface area contributed by atoms with Crippen molar-refractivity contribution in [3.05, 3.63) is 0 Å². The molecule has 19 heteroatoms. The lowest BCUT2D eigenvalue weighted by Gasteiger charge is -2.21. The van der Waals surface area contributed by atoms with E-state index < -0.39 is 97.5 Å². The zero-order valence-electron chi connectivity index (χ0n) is 67.6. The van der Waals surface area contributed by atoms with Gasteiger partial charge in [0.25, 0.3) is 0 Å². The molecule has 0 saturated heterocycles. The van der Waals surface area contributed by atoms with Gasteiger partial charge in [-0.2, -0.15) is 0 Å². The Morgan fingerprint density at radius 3 is 0.689 bits per heavy atom. The van der Waals surface area contributed by atoms with Crippen LogP contribution in [0.4, 0.5) is 0 Å². The smallest absolute Gasteiger partial charge is 0.462 e. The topological polar surface area (TPSA) is 237 Å². The summed E-state index contributed by atoms with van der Waals surface area (Å²) < 4.78 is 68.7. The van der Waals surface area contributed by atoms with Crippen LogP contribution < -0.4 is 0 Å². The molecular weight excluding hydrogens is 1340 g/mol. The molecule has 0 aliphatic rings. The number of unbranched alkanes of at least 4 members (excludes halogenated alkanes) is 51. The summed E-state index contributed by atoms with van der Waals surface area (Å²) in [6.07, 6.45) is 66.8. The molecule has 612 valence electrons. The second-order valence-corrected chi connectivity index (χ2v) is 33.6. The molecule has 0 heterocycles. The number of phosphoric acid groups is 2. The van der Waals surface area contributed by atoms with Crippen LogP contribution >= 0.6 is 15.6 Å². The van der Waals surface area contributed by atoms with Gasteiger partial charge in [-0.1, -0.05) is 395 Å². The highest BCUT2D eigenvalue weighted by Gasteiger charge is 2.30. The second-order valence-electron chi connectivity index (χ2n) is 30.7. The summed E-state index contributed by atoms with van der Waals surface area (Å²) in [7, 11) is -9.92. The highest BCUT2D eigenvalue weighted by atomic mass is 31.2. The molecule has 0 fully saturated rings. The van der Waals surface area contributed by atoms with Crippen LogP contribution in [-0.4, -0.2) is 96.7 Å². The Bertz CT molecular complexity index is 1980. The van der Waals surface area contributed by atoms with E-state index >= 15 is 0 Å². The number of carbonyl (C=O) groups is 4. The van der Waals surface area contributed by atoms with Gasteiger partial charge in [0, 0.05) is 25.7 Å². The number of rotatable bonds is 83. The third-order valence-corrected chi connectivity index (χ3v) is 22.3. The number of aliphatic hydroxyl groups excluding tert-OH is 1. The first-order valence-corrected chi connectivity index (χ1v) is 46.6. The predicted molar refractivity (Wildman–Crippen MR) is 423 cm³/mol. The lowest BCUT2D eigenvalue weighted by atomic mass is 9.99. The van der Waals surface area contributed by atoms with Crippen molar-refractivity contribution in [1.29, 1.82) is 0 Å². The van der Waals surface area contributed by atoms with Crippen LogP contribution in [0, 0.1) is 11.8 Å². The highest BCUT2D eigenvalue weighted by molar-refractivity contribution is 7.47. The minimum absolute atomic E-state index is 0.106. The van der Waals surface area contributed by atoms with Crippen LogP contribution in [0.2, 0.25) is 0 Å². The van der Waals surface area contributed by atoms with Crippen molar-refractivity contribution < 1.29 is 80.2 Å². The molecule has 0 aromatic carbocycles. The maximum Gasteiger partial charge on any atom is 0.472 e. The zero-order chi connectivity index (χ0) is 75.6. The van der Waals surface area contributed by atoms with E-state index in [2.05, 4.69) is 41.5 Å². The van der Waals surface area contributed by atoms with Gasteiger partial charge in [-0.3, -0.25) is 37.3 Å². The normalized spacial score (nSPS) is 14.4. The van der Waals surface area contributed by atoms with E-state index in [0.717, 1.165) is 108 Å². The number of hydrogen-bond donors (Lipinski definition) is 3. The Morgan fingerprint density at radius 2 is 0.466 bits per heavy atom. The van der Waals surface area contributed by atoms with Crippen molar-refractivity contribution in [2.45, 2.75) is 464 Å². The number of aliphatic hydroxyl groups is 1. The first-order chi connectivity index (χ1) is 49.9. The number of hydrogen-bond acceptors (Lipinski definition) is 15. The molecule has 0 aromatic rings. The molecule has 0 rings (SSSR count). The summed E-state index contributed by atoms with van der Waals surface area (Å²) in [6.45, 7) is 9.67. The summed E-state index contributed by atoms with van der Waals surface area (Å²) in [4.78, 5) is 73.0. The van der Waals surface area contributed by atoms with Crippen molar-refractivity contribution in [1.82, 2.24) is 0 Å². The lowest BCUT2D eigenvalue weighted by molar-refractivity contribution is -0.161. The van der Waals surface area contributed by atoms with Gasteiger partial charge in [0.05, 0.1) is 26.4 Å². The van der Waals surface area contributed by atoms with Crippen LogP contribution in [-0.2, 0) is 65.4 Å². The molecule has 4 unspecified atom stereocenters. The molecule has 0 radical (unpaired) electrons. The van der Waals surface area contributed by atoms with Gasteiger partial charge in [0.15, 0.2) is 12.2 Å². The summed E-state index contributed by atoms with van der Waals surface area (Å²) in [5, 5.41) is 10.6.